The molecule has 5 nitrogen and oxygen atoms in total. The minimum Gasteiger partial charge on any atom is -0.396 e. The molecular weight excluding hydrogens is 312 g/mol. The van der Waals surface area contributed by atoms with Crippen molar-refractivity contribution in [3.05, 3.63) is 38.3 Å². The van der Waals surface area contributed by atoms with E-state index in [0.717, 1.165) is 23.7 Å². The summed E-state index contributed by atoms with van der Waals surface area (Å²) in [4.78, 5) is 10.6. The zero-order valence-corrected chi connectivity index (χ0v) is 12.1. The van der Waals surface area contributed by atoms with Crippen molar-refractivity contribution in [1.29, 1.82) is 0 Å². The lowest BCUT2D eigenvalue weighted by Crippen LogP contribution is -2.33. The van der Waals surface area contributed by atoms with Gasteiger partial charge in [0.2, 0.25) is 0 Å². The quantitative estimate of drug-likeness (QED) is 0.643. The lowest BCUT2D eigenvalue weighted by Gasteiger charge is -2.19. The van der Waals surface area contributed by atoms with Gasteiger partial charge in [-0.3, -0.25) is 10.1 Å². The summed E-state index contributed by atoms with van der Waals surface area (Å²) in [5, 5.41) is 23.6. The highest BCUT2D eigenvalue weighted by Gasteiger charge is 2.26. The summed E-state index contributed by atoms with van der Waals surface area (Å²) in [5.41, 5.74) is 0.803. The SMILES string of the molecule is O=[N+]([O-])c1ccc(Br)cc1CNC1CCCC1CO. The summed E-state index contributed by atoms with van der Waals surface area (Å²) in [6.45, 7) is 0.634. The molecule has 2 N–H and O–H groups in total. The molecule has 1 aliphatic carbocycles. The van der Waals surface area contributed by atoms with Gasteiger partial charge in [0.25, 0.3) is 5.69 Å². The normalized spacial score (nSPS) is 22.6. The second-order valence-electron chi connectivity index (χ2n) is 4.89. The van der Waals surface area contributed by atoms with Gasteiger partial charge < -0.3 is 10.4 Å². The van der Waals surface area contributed by atoms with Crippen molar-refractivity contribution in [1.82, 2.24) is 5.32 Å². The van der Waals surface area contributed by atoms with Crippen LogP contribution in [-0.4, -0.2) is 22.7 Å². The molecule has 0 saturated heterocycles. The summed E-state index contributed by atoms with van der Waals surface area (Å²) >= 11 is 3.33. The number of nitro benzene ring substituents is 1. The number of benzene rings is 1. The fourth-order valence-electron chi connectivity index (χ4n) is 2.64. The van der Waals surface area contributed by atoms with Crippen molar-refractivity contribution in [3.63, 3.8) is 0 Å². The van der Waals surface area contributed by atoms with Gasteiger partial charge >= 0.3 is 0 Å². The number of aliphatic hydroxyl groups is 1. The molecule has 104 valence electrons. The van der Waals surface area contributed by atoms with Gasteiger partial charge in [0.1, 0.15) is 0 Å². The number of hydrogen-bond donors (Lipinski definition) is 2. The zero-order valence-electron chi connectivity index (χ0n) is 10.5. The van der Waals surface area contributed by atoms with E-state index >= 15 is 0 Å². The Morgan fingerprint density at radius 2 is 2.26 bits per heavy atom. The summed E-state index contributed by atoms with van der Waals surface area (Å²) in [6.07, 6.45) is 3.14. The highest BCUT2D eigenvalue weighted by Crippen LogP contribution is 2.27. The van der Waals surface area contributed by atoms with Crippen LogP contribution < -0.4 is 5.32 Å². The van der Waals surface area contributed by atoms with Crippen molar-refractivity contribution in [2.75, 3.05) is 6.61 Å². The van der Waals surface area contributed by atoms with Gasteiger partial charge in [-0.25, -0.2) is 0 Å². The summed E-state index contributed by atoms with van der Waals surface area (Å²) in [5.74, 6) is 0.270. The van der Waals surface area contributed by atoms with Crippen molar-refractivity contribution < 1.29 is 10.0 Å². The first-order chi connectivity index (χ1) is 9.11. The van der Waals surface area contributed by atoms with E-state index in [1.54, 1.807) is 12.1 Å². The maximum Gasteiger partial charge on any atom is 0.273 e. The predicted molar refractivity (Wildman–Crippen MR) is 75.9 cm³/mol. The molecule has 0 bridgehead atoms. The van der Waals surface area contributed by atoms with Crippen LogP contribution in [0.2, 0.25) is 0 Å². The number of rotatable bonds is 5. The molecule has 2 rings (SSSR count). The lowest BCUT2D eigenvalue weighted by atomic mass is 10.0. The highest BCUT2D eigenvalue weighted by atomic mass is 79.9. The molecule has 0 aliphatic heterocycles. The van der Waals surface area contributed by atoms with E-state index in [9.17, 15) is 15.2 Å². The maximum atomic E-state index is 11.0. The molecular formula is C13H17BrN2O3. The van der Waals surface area contributed by atoms with Crippen LogP contribution in [0.25, 0.3) is 0 Å². The van der Waals surface area contributed by atoms with Gasteiger partial charge in [-0.05, 0) is 30.9 Å². The third-order valence-electron chi connectivity index (χ3n) is 3.69. The van der Waals surface area contributed by atoms with Crippen LogP contribution in [0.15, 0.2) is 22.7 Å². The van der Waals surface area contributed by atoms with Crippen molar-refractivity contribution in [2.24, 2.45) is 5.92 Å². The lowest BCUT2D eigenvalue weighted by molar-refractivity contribution is -0.385. The minimum atomic E-state index is -0.359. The standard InChI is InChI=1S/C13H17BrN2O3/c14-11-4-5-13(16(18)19)10(6-11)7-15-12-3-1-2-9(12)8-17/h4-6,9,12,15,17H,1-3,7-8H2. The minimum absolute atomic E-state index is 0.134. The number of nitro groups is 1. The van der Waals surface area contributed by atoms with Gasteiger partial charge in [0.15, 0.2) is 0 Å². The molecule has 1 aromatic rings. The van der Waals surface area contributed by atoms with Crippen LogP contribution in [0, 0.1) is 16.0 Å². The van der Waals surface area contributed by atoms with Crippen LogP contribution in [0.4, 0.5) is 5.69 Å². The predicted octanol–water partition coefficient (Wildman–Crippen LogP) is 2.61. The fourth-order valence-corrected chi connectivity index (χ4v) is 3.05. The van der Waals surface area contributed by atoms with Gasteiger partial charge in [-0.2, -0.15) is 0 Å². The van der Waals surface area contributed by atoms with E-state index in [1.807, 2.05) is 0 Å². The van der Waals surface area contributed by atoms with Crippen molar-refractivity contribution in [2.45, 2.75) is 31.8 Å². The Labute approximate surface area is 120 Å². The van der Waals surface area contributed by atoms with E-state index in [2.05, 4.69) is 21.2 Å². The molecule has 0 amide bonds. The molecule has 2 atom stereocenters. The third kappa shape index (κ3) is 3.52. The second-order valence-corrected chi connectivity index (χ2v) is 5.81. The number of hydrogen-bond acceptors (Lipinski definition) is 4. The van der Waals surface area contributed by atoms with E-state index in [1.165, 1.54) is 6.07 Å². The van der Waals surface area contributed by atoms with E-state index < -0.39 is 0 Å². The molecule has 1 aliphatic rings. The molecule has 19 heavy (non-hydrogen) atoms. The van der Waals surface area contributed by atoms with Crippen molar-refractivity contribution >= 4 is 21.6 Å². The molecule has 1 saturated carbocycles. The molecule has 6 heteroatoms. The fraction of sp³-hybridized carbons (Fsp3) is 0.538. The molecule has 0 heterocycles. The van der Waals surface area contributed by atoms with E-state index in [0.29, 0.717) is 12.1 Å². The zero-order chi connectivity index (χ0) is 13.8. The van der Waals surface area contributed by atoms with Crippen LogP contribution in [0.1, 0.15) is 24.8 Å². The van der Waals surface area contributed by atoms with Crippen LogP contribution in [0.5, 0.6) is 0 Å². The Morgan fingerprint density at radius 3 is 2.95 bits per heavy atom. The Kier molecular flexibility index (Phi) is 4.90. The Morgan fingerprint density at radius 1 is 1.47 bits per heavy atom. The first-order valence-electron chi connectivity index (χ1n) is 6.39. The van der Waals surface area contributed by atoms with Gasteiger partial charge in [0.05, 0.1) is 4.92 Å². The molecule has 0 radical (unpaired) electrons. The Hall–Kier alpha value is -0.980. The van der Waals surface area contributed by atoms with Gasteiger partial charge in [-0.1, -0.05) is 22.4 Å². The molecule has 2 unspecified atom stereocenters. The number of nitrogens with one attached hydrogen (secondary N) is 1. The van der Waals surface area contributed by atoms with E-state index in [4.69, 9.17) is 0 Å². The maximum absolute atomic E-state index is 11.0. The summed E-state index contributed by atoms with van der Waals surface area (Å²) in [6, 6.07) is 5.21. The molecule has 1 fully saturated rings. The van der Waals surface area contributed by atoms with Gasteiger partial charge in [0, 0.05) is 35.3 Å². The Bertz CT molecular complexity index is 467. The molecule has 1 aromatic carbocycles. The average Bonchev–Trinajstić information content (AvgIpc) is 2.83. The van der Waals surface area contributed by atoms with Crippen LogP contribution in [0.3, 0.4) is 0 Å². The van der Waals surface area contributed by atoms with Crippen LogP contribution >= 0.6 is 15.9 Å². The first kappa shape index (κ1) is 14.4. The topological polar surface area (TPSA) is 75.4 Å². The highest BCUT2D eigenvalue weighted by molar-refractivity contribution is 9.10. The smallest absolute Gasteiger partial charge is 0.273 e. The molecule has 0 aromatic heterocycles. The Balaban J connectivity index is 2.06. The average molecular weight is 329 g/mol. The van der Waals surface area contributed by atoms with Crippen molar-refractivity contribution in [3.8, 4) is 0 Å². The summed E-state index contributed by atoms with van der Waals surface area (Å²) < 4.78 is 0.833. The first-order valence-corrected chi connectivity index (χ1v) is 7.18. The number of nitrogens with zero attached hydrogens (tertiary/aromatic N) is 1. The third-order valence-corrected chi connectivity index (χ3v) is 4.18. The second kappa shape index (κ2) is 6.45. The molecule has 0 spiro atoms. The largest absolute Gasteiger partial charge is 0.396 e. The van der Waals surface area contributed by atoms with E-state index in [-0.39, 0.29) is 29.2 Å². The number of halogens is 1. The van der Waals surface area contributed by atoms with Gasteiger partial charge in [-0.15, -0.1) is 0 Å². The van der Waals surface area contributed by atoms with Crippen LogP contribution in [-0.2, 0) is 6.54 Å². The number of aliphatic hydroxyl groups excluding tert-OH is 1. The monoisotopic (exact) mass is 328 g/mol. The summed E-state index contributed by atoms with van der Waals surface area (Å²) in [7, 11) is 0.